The molecule has 7 nitrogen and oxygen atoms in total. The molecule has 3 heterocycles. The molecule has 0 aliphatic carbocycles. The number of pyridine rings is 1. The van der Waals surface area contributed by atoms with Gasteiger partial charge in [0.2, 0.25) is 0 Å². The maximum Gasteiger partial charge on any atom is 0.264 e. The normalized spacial score (nSPS) is 12.4. The van der Waals surface area contributed by atoms with Crippen LogP contribution in [-0.4, -0.2) is 24.5 Å². The summed E-state index contributed by atoms with van der Waals surface area (Å²) in [6.45, 7) is 1.76. The lowest BCUT2D eigenvalue weighted by atomic mass is 10.1. The minimum absolute atomic E-state index is 0.0548. The van der Waals surface area contributed by atoms with E-state index in [-0.39, 0.29) is 16.1 Å². The van der Waals surface area contributed by atoms with E-state index in [9.17, 15) is 18.0 Å². The third kappa shape index (κ3) is 3.48. The summed E-state index contributed by atoms with van der Waals surface area (Å²) in [5.41, 5.74) is 0.753. The van der Waals surface area contributed by atoms with E-state index in [0.717, 1.165) is 18.2 Å². The molecule has 0 aliphatic rings. The Kier molecular flexibility index (Phi) is 5.01. The standard InChI is InChI=1S/C22H14ClF3N6O/c1-10(31-21-19-20(28-8-27-19)29-9-30-21)16-6-11-2-4-14(25)18(23)17(11)22(33)32(16)12-3-5-13(24)15(26)7-12/h2-10H,1H3,(H2,27,28,29,30,31). The number of fused-ring (bicyclic) bond motifs is 2. The van der Waals surface area contributed by atoms with E-state index < -0.39 is 29.1 Å². The maximum absolute atomic E-state index is 14.1. The third-order valence-corrected chi connectivity index (χ3v) is 5.66. The van der Waals surface area contributed by atoms with Crippen LogP contribution in [0.25, 0.3) is 27.6 Å². The van der Waals surface area contributed by atoms with Gasteiger partial charge in [0, 0.05) is 11.8 Å². The molecule has 5 aromatic rings. The van der Waals surface area contributed by atoms with Gasteiger partial charge in [0.05, 0.1) is 28.5 Å². The summed E-state index contributed by atoms with van der Waals surface area (Å²) in [6, 6.07) is 6.71. The van der Waals surface area contributed by atoms with Crippen molar-refractivity contribution in [2.75, 3.05) is 5.32 Å². The second-order valence-electron chi connectivity index (χ2n) is 7.32. The minimum atomic E-state index is -1.13. The number of nitrogens with zero attached hydrogens (tertiary/aromatic N) is 4. The van der Waals surface area contributed by atoms with Crippen molar-refractivity contribution < 1.29 is 13.2 Å². The largest absolute Gasteiger partial charge is 0.360 e. The van der Waals surface area contributed by atoms with Crippen molar-refractivity contribution >= 4 is 39.4 Å². The number of rotatable bonds is 4. The van der Waals surface area contributed by atoms with Gasteiger partial charge in [0.25, 0.3) is 5.56 Å². The highest BCUT2D eigenvalue weighted by molar-refractivity contribution is 6.35. The number of hydrogen-bond donors (Lipinski definition) is 2. The Hall–Kier alpha value is -3.92. The summed E-state index contributed by atoms with van der Waals surface area (Å²) in [5.74, 6) is -2.54. The Bertz CT molecular complexity index is 1600. The first-order valence-corrected chi connectivity index (χ1v) is 10.1. The number of nitrogens with one attached hydrogen (secondary N) is 2. The minimum Gasteiger partial charge on any atom is -0.360 e. The number of H-pyrrole nitrogens is 1. The van der Waals surface area contributed by atoms with Crippen molar-refractivity contribution in [2.24, 2.45) is 0 Å². The molecule has 0 saturated carbocycles. The van der Waals surface area contributed by atoms with Crippen LogP contribution < -0.4 is 10.9 Å². The molecule has 3 aromatic heterocycles. The van der Waals surface area contributed by atoms with Gasteiger partial charge in [-0.05, 0) is 36.6 Å². The fraction of sp³-hybridized carbons (Fsp3) is 0.0909. The second kappa shape index (κ2) is 7.89. The Balaban J connectivity index is 1.74. The van der Waals surface area contributed by atoms with Crippen LogP contribution in [0, 0.1) is 17.5 Å². The zero-order chi connectivity index (χ0) is 23.3. The Morgan fingerprint density at radius 3 is 2.61 bits per heavy atom. The molecule has 0 bridgehead atoms. The zero-order valence-corrected chi connectivity index (χ0v) is 17.7. The summed E-state index contributed by atoms with van der Waals surface area (Å²) in [7, 11) is 0. The monoisotopic (exact) mass is 470 g/mol. The van der Waals surface area contributed by atoms with Gasteiger partial charge in [0.1, 0.15) is 17.7 Å². The van der Waals surface area contributed by atoms with Crippen molar-refractivity contribution in [3.63, 3.8) is 0 Å². The van der Waals surface area contributed by atoms with Crippen molar-refractivity contribution in [2.45, 2.75) is 13.0 Å². The number of imidazole rings is 1. The molecule has 0 radical (unpaired) electrons. The quantitative estimate of drug-likeness (QED) is 0.390. The van der Waals surface area contributed by atoms with Crippen LogP contribution in [0.4, 0.5) is 19.0 Å². The molecule has 2 N–H and O–H groups in total. The predicted molar refractivity (Wildman–Crippen MR) is 118 cm³/mol. The van der Waals surface area contributed by atoms with E-state index in [2.05, 4.69) is 25.3 Å². The predicted octanol–water partition coefficient (Wildman–Crippen LogP) is 4.90. The van der Waals surface area contributed by atoms with Gasteiger partial charge in [-0.25, -0.2) is 28.1 Å². The Morgan fingerprint density at radius 1 is 1.03 bits per heavy atom. The smallest absolute Gasteiger partial charge is 0.264 e. The molecule has 2 aromatic carbocycles. The van der Waals surface area contributed by atoms with Crippen molar-refractivity contribution in [3.8, 4) is 5.69 Å². The average Bonchev–Trinajstić information content (AvgIpc) is 3.28. The molecule has 0 amide bonds. The van der Waals surface area contributed by atoms with Crippen LogP contribution in [0.2, 0.25) is 5.02 Å². The van der Waals surface area contributed by atoms with E-state index in [4.69, 9.17) is 11.6 Å². The van der Waals surface area contributed by atoms with Gasteiger partial charge in [-0.2, -0.15) is 0 Å². The Morgan fingerprint density at radius 2 is 1.82 bits per heavy atom. The van der Waals surface area contributed by atoms with Crippen LogP contribution in [0.1, 0.15) is 18.7 Å². The van der Waals surface area contributed by atoms with Crippen LogP contribution >= 0.6 is 11.6 Å². The lowest BCUT2D eigenvalue weighted by Gasteiger charge is -2.22. The summed E-state index contributed by atoms with van der Waals surface area (Å²) in [4.78, 5) is 28.8. The molecule has 0 aliphatic heterocycles. The number of aromatic nitrogens is 5. The van der Waals surface area contributed by atoms with Gasteiger partial charge < -0.3 is 10.3 Å². The van der Waals surface area contributed by atoms with Gasteiger partial charge in [-0.15, -0.1) is 0 Å². The fourth-order valence-corrected chi connectivity index (χ4v) is 3.97. The maximum atomic E-state index is 14.1. The van der Waals surface area contributed by atoms with E-state index in [1.807, 2.05) is 0 Å². The molecular formula is C22H14ClF3N6O. The van der Waals surface area contributed by atoms with Crippen molar-refractivity contribution in [1.29, 1.82) is 0 Å². The first kappa shape index (κ1) is 21.0. The molecular weight excluding hydrogens is 457 g/mol. The highest BCUT2D eigenvalue weighted by atomic mass is 35.5. The summed E-state index contributed by atoms with van der Waals surface area (Å²) in [5, 5.41) is 3.15. The van der Waals surface area contributed by atoms with E-state index >= 15 is 0 Å². The molecule has 11 heteroatoms. The molecule has 33 heavy (non-hydrogen) atoms. The number of halogens is 4. The fourth-order valence-electron chi connectivity index (χ4n) is 3.72. The molecule has 1 unspecified atom stereocenters. The molecule has 0 spiro atoms. The molecule has 0 fully saturated rings. The number of aromatic amines is 1. The SMILES string of the molecule is CC(Nc1ncnc2nc[nH]c12)c1cc2ccc(F)c(Cl)c2c(=O)n1-c1ccc(F)c(F)c1. The second-order valence-corrected chi connectivity index (χ2v) is 7.70. The highest BCUT2D eigenvalue weighted by Gasteiger charge is 2.21. The first-order chi connectivity index (χ1) is 15.8. The van der Waals surface area contributed by atoms with Crippen LogP contribution in [0.3, 0.4) is 0 Å². The lowest BCUT2D eigenvalue weighted by Crippen LogP contribution is -2.26. The average molecular weight is 471 g/mol. The number of benzene rings is 2. The van der Waals surface area contributed by atoms with Crippen LogP contribution in [0.5, 0.6) is 0 Å². The van der Waals surface area contributed by atoms with Gasteiger partial charge in [-0.1, -0.05) is 17.7 Å². The molecule has 0 saturated heterocycles. The third-order valence-electron chi connectivity index (χ3n) is 5.29. The summed E-state index contributed by atoms with van der Waals surface area (Å²) >= 11 is 6.10. The van der Waals surface area contributed by atoms with Crippen LogP contribution in [-0.2, 0) is 0 Å². The van der Waals surface area contributed by atoms with Crippen molar-refractivity contribution in [3.05, 3.63) is 87.6 Å². The summed E-state index contributed by atoms with van der Waals surface area (Å²) in [6.07, 6.45) is 2.81. The van der Waals surface area contributed by atoms with E-state index in [1.165, 1.54) is 29.4 Å². The molecule has 1 atom stereocenters. The number of hydrogen-bond acceptors (Lipinski definition) is 5. The van der Waals surface area contributed by atoms with Gasteiger partial charge in [0.15, 0.2) is 23.1 Å². The van der Waals surface area contributed by atoms with E-state index in [1.54, 1.807) is 13.0 Å². The Labute approximate surface area is 188 Å². The van der Waals surface area contributed by atoms with Crippen LogP contribution in [0.15, 0.2) is 53.8 Å². The van der Waals surface area contributed by atoms with Crippen molar-refractivity contribution in [1.82, 2.24) is 24.5 Å². The number of anilines is 1. The topological polar surface area (TPSA) is 88.5 Å². The van der Waals surface area contributed by atoms with Gasteiger partial charge in [-0.3, -0.25) is 9.36 Å². The first-order valence-electron chi connectivity index (χ1n) is 9.75. The zero-order valence-electron chi connectivity index (χ0n) is 16.9. The van der Waals surface area contributed by atoms with E-state index in [0.29, 0.717) is 28.1 Å². The molecule has 166 valence electrons. The summed E-state index contributed by atoms with van der Waals surface area (Å²) < 4.78 is 42.9. The molecule has 5 rings (SSSR count). The lowest BCUT2D eigenvalue weighted by molar-refractivity contribution is 0.507. The van der Waals surface area contributed by atoms with Gasteiger partial charge >= 0.3 is 0 Å². The highest BCUT2D eigenvalue weighted by Crippen LogP contribution is 2.29.